The average molecular weight is 422 g/mol. The van der Waals surface area contributed by atoms with E-state index in [1.165, 1.54) is 0 Å². The van der Waals surface area contributed by atoms with Crippen LogP contribution in [0.3, 0.4) is 0 Å². The molecule has 1 amide bonds. The van der Waals surface area contributed by atoms with Gasteiger partial charge >= 0.3 is 12.2 Å². The van der Waals surface area contributed by atoms with Crippen molar-refractivity contribution in [3.63, 3.8) is 0 Å². The number of rotatable bonds is 9. The molecule has 0 heterocycles. The molecule has 1 aromatic carbocycles. The van der Waals surface area contributed by atoms with Crippen LogP contribution >= 0.6 is 0 Å². The first-order valence-electron chi connectivity index (χ1n) is 10.4. The number of nitrogens with two attached hydrogens (primary N) is 1. The predicted molar refractivity (Wildman–Crippen MR) is 116 cm³/mol. The van der Waals surface area contributed by atoms with Gasteiger partial charge in [-0.2, -0.15) is 0 Å². The number of unbranched alkanes of at least 4 members (excludes halogenated alkanes) is 1. The van der Waals surface area contributed by atoms with Gasteiger partial charge in [-0.1, -0.05) is 56.1 Å². The molecule has 1 aromatic rings. The second kappa shape index (κ2) is 12.0. The van der Waals surface area contributed by atoms with Gasteiger partial charge in [0.2, 0.25) is 0 Å². The number of hydrogen-bond donors (Lipinski definition) is 2. The van der Waals surface area contributed by atoms with Crippen LogP contribution in [-0.4, -0.2) is 29.8 Å². The van der Waals surface area contributed by atoms with Crippen LogP contribution < -0.4 is 11.1 Å². The second-order valence-electron chi connectivity index (χ2n) is 8.10. The first kappa shape index (κ1) is 25.3. The summed E-state index contributed by atoms with van der Waals surface area (Å²) < 4.78 is 10.5. The molecule has 0 bridgehead atoms. The van der Waals surface area contributed by atoms with Crippen molar-refractivity contribution in [3.05, 3.63) is 35.4 Å². The summed E-state index contributed by atoms with van der Waals surface area (Å²) in [7, 11) is 0. The number of amides is 1. The van der Waals surface area contributed by atoms with Gasteiger partial charge in [0.1, 0.15) is 11.7 Å². The Balaban J connectivity index is 2.62. The molecule has 2 atom stereocenters. The van der Waals surface area contributed by atoms with Gasteiger partial charge in [0.25, 0.3) is 0 Å². The number of hydrogen-bond acceptors (Lipinski definition) is 6. The minimum atomic E-state index is -0.868. The Morgan fingerprint density at radius 3 is 2.33 bits per heavy atom. The van der Waals surface area contributed by atoms with Crippen molar-refractivity contribution in [2.75, 3.05) is 0 Å². The Morgan fingerprint density at radius 1 is 1.17 bits per heavy atom. The largest absolute Gasteiger partial charge is 0.535 e. The highest BCUT2D eigenvalue weighted by Crippen LogP contribution is 2.15. The summed E-state index contributed by atoms with van der Waals surface area (Å²) in [6, 6.07) is 6.80. The zero-order chi connectivity index (χ0) is 22.7. The minimum Gasteiger partial charge on any atom is -0.444 e. The number of nitrogens with one attached hydrogen (secondary N) is 1. The van der Waals surface area contributed by atoms with E-state index < -0.39 is 17.8 Å². The van der Waals surface area contributed by atoms with E-state index in [1.54, 1.807) is 45.0 Å². The van der Waals surface area contributed by atoms with Crippen LogP contribution in [0.2, 0.25) is 0 Å². The van der Waals surface area contributed by atoms with E-state index in [0.29, 0.717) is 12.0 Å². The van der Waals surface area contributed by atoms with Crippen LogP contribution in [0.25, 0.3) is 0 Å². The number of alkyl carbamates (subject to hydrolysis) is 1. The fourth-order valence-electron chi connectivity index (χ4n) is 2.59. The summed E-state index contributed by atoms with van der Waals surface area (Å²) in [5.41, 5.74) is 6.77. The van der Waals surface area contributed by atoms with E-state index in [-0.39, 0.29) is 18.0 Å². The summed E-state index contributed by atoms with van der Waals surface area (Å²) in [6.45, 7) is 11.3. The van der Waals surface area contributed by atoms with Crippen molar-refractivity contribution in [1.29, 1.82) is 0 Å². The average Bonchev–Trinajstić information content (AvgIpc) is 2.67. The van der Waals surface area contributed by atoms with Gasteiger partial charge in [-0.3, -0.25) is 4.84 Å². The van der Waals surface area contributed by atoms with Crippen LogP contribution in [0.1, 0.15) is 84.4 Å². The monoisotopic (exact) mass is 421 g/mol. The number of nitrogens with zero attached hydrogens (tertiary/aromatic N) is 1. The van der Waals surface area contributed by atoms with Crippen LogP contribution in [0.15, 0.2) is 29.4 Å². The Kier molecular flexibility index (Phi) is 10.1. The van der Waals surface area contributed by atoms with E-state index in [0.717, 1.165) is 24.8 Å². The second-order valence-corrected chi connectivity index (χ2v) is 8.10. The van der Waals surface area contributed by atoms with Crippen molar-refractivity contribution >= 4 is 18.1 Å². The molecule has 168 valence electrons. The first-order valence-corrected chi connectivity index (χ1v) is 10.4. The minimum absolute atomic E-state index is 0.0489. The van der Waals surface area contributed by atoms with E-state index in [4.69, 9.17) is 20.0 Å². The lowest BCUT2D eigenvalue weighted by Crippen LogP contribution is -2.34. The summed E-state index contributed by atoms with van der Waals surface area (Å²) >= 11 is 0. The maximum atomic E-state index is 11.9. The molecule has 0 radical (unpaired) electrons. The van der Waals surface area contributed by atoms with Crippen molar-refractivity contribution in [3.8, 4) is 0 Å². The van der Waals surface area contributed by atoms with Crippen LogP contribution in [0.4, 0.5) is 9.59 Å². The SMILES string of the molecule is CCCCC(CC)OC(=O)ON=C(N)c1ccc(C(C)NC(=O)OC(C)(C)C)cc1. The summed E-state index contributed by atoms with van der Waals surface area (Å²) in [4.78, 5) is 28.5. The van der Waals surface area contributed by atoms with E-state index >= 15 is 0 Å². The molecule has 0 saturated heterocycles. The van der Waals surface area contributed by atoms with Crippen LogP contribution in [-0.2, 0) is 14.3 Å². The molecule has 3 N–H and O–H groups in total. The number of oxime groups is 1. The molecule has 1 rings (SSSR count). The molecular weight excluding hydrogens is 386 g/mol. The third-order valence-corrected chi connectivity index (χ3v) is 4.26. The molecule has 0 fully saturated rings. The van der Waals surface area contributed by atoms with Gasteiger partial charge in [0.15, 0.2) is 5.84 Å². The number of carbonyl (C=O) groups excluding carboxylic acids is 2. The van der Waals surface area contributed by atoms with E-state index in [2.05, 4.69) is 17.4 Å². The maximum absolute atomic E-state index is 11.9. The fourth-order valence-corrected chi connectivity index (χ4v) is 2.59. The van der Waals surface area contributed by atoms with Crippen molar-refractivity contribution in [2.45, 2.75) is 85.0 Å². The summed E-state index contributed by atoms with van der Waals surface area (Å²) in [5, 5.41) is 6.43. The molecule has 8 nitrogen and oxygen atoms in total. The van der Waals surface area contributed by atoms with Crippen molar-refractivity contribution in [1.82, 2.24) is 5.32 Å². The van der Waals surface area contributed by atoms with Gasteiger partial charge in [-0.05, 0) is 46.1 Å². The predicted octanol–water partition coefficient (Wildman–Crippen LogP) is 5.01. The number of ether oxygens (including phenoxy) is 2. The Bertz CT molecular complexity index is 710. The standard InChI is InChI=1S/C22H35N3O5/c1-7-9-10-18(8-2)28-21(27)30-25-19(23)17-13-11-16(12-14-17)15(3)24-20(26)29-22(4,5)6/h11-15,18H,7-10H2,1-6H3,(H2,23,25)(H,24,26). The molecule has 0 aliphatic carbocycles. The summed E-state index contributed by atoms with van der Waals surface area (Å²) in [5.74, 6) is 0.0489. The molecule has 0 spiro atoms. The molecule has 30 heavy (non-hydrogen) atoms. The van der Waals surface area contributed by atoms with Crippen LogP contribution in [0.5, 0.6) is 0 Å². The maximum Gasteiger partial charge on any atom is 0.535 e. The zero-order valence-corrected chi connectivity index (χ0v) is 18.9. The highest BCUT2D eigenvalue weighted by Gasteiger charge is 2.18. The molecule has 2 unspecified atom stereocenters. The van der Waals surface area contributed by atoms with E-state index in [1.807, 2.05) is 13.8 Å². The third-order valence-electron chi connectivity index (χ3n) is 4.26. The van der Waals surface area contributed by atoms with Crippen molar-refractivity contribution < 1.29 is 23.9 Å². The van der Waals surface area contributed by atoms with Gasteiger partial charge in [-0.25, -0.2) is 9.59 Å². The molecule has 0 aliphatic heterocycles. The Morgan fingerprint density at radius 2 is 1.80 bits per heavy atom. The molecule has 0 aromatic heterocycles. The lowest BCUT2D eigenvalue weighted by atomic mass is 10.1. The molecule has 8 heteroatoms. The van der Waals surface area contributed by atoms with E-state index in [9.17, 15) is 9.59 Å². The van der Waals surface area contributed by atoms with Crippen LogP contribution in [0, 0.1) is 0 Å². The number of amidine groups is 1. The topological polar surface area (TPSA) is 112 Å². The van der Waals surface area contributed by atoms with Crippen molar-refractivity contribution in [2.24, 2.45) is 10.9 Å². The van der Waals surface area contributed by atoms with Gasteiger partial charge in [0, 0.05) is 5.56 Å². The van der Waals surface area contributed by atoms with Gasteiger partial charge in [0.05, 0.1) is 6.04 Å². The molecular formula is C22H35N3O5. The lowest BCUT2D eigenvalue weighted by molar-refractivity contribution is 0.0200. The quantitative estimate of drug-likeness (QED) is 0.190. The Hall–Kier alpha value is -2.77. The third kappa shape index (κ3) is 9.62. The highest BCUT2D eigenvalue weighted by molar-refractivity contribution is 5.97. The van der Waals surface area contributed by atoms with Gasteiger partial charge in [-0.15, -0.1) is 0 Å². The molecule has 0 aliphatic rings. The number of carbonyl (C=O) groups is 2. The lowest BCUT2D eigenvalue weighted by Gasteiger charge is -2.22. The van der Waals surface area contributed by atoms with Gasteiger partial charge < -0.3 is 20.5 Å². The highest BCUT2D eigenvalue weighted by atomic mass is 16.8. The number of benzene rings is 1. The fraction of sp³-hybridized carbons (Fsp3) is 0.591. The molecule has 0 saturated carbocycles. The summed E-state index contributed by atoms with van der Waals surface area (Å²) in [6.07, 6.45) is 1.96. The first-order chi connectivity index (χ1) is 14.1. The normalized spacial score (nSPS) is 13.9. The zero-order valence-electron chi connectivity index (χ0n) is 18.9. The smallest absolute Gasteiger partial charge is 0.444 e. The Labute approximate surface area is 179 Å².